The van der Waals surface area contributed by atoms with Crippen LogP contribution in [-0.4, -0.2) is 28.4 Å². The molecule has 3 rings (SSSR count). The van der Waals surface area contributed by atoms with E-state index in [4.69, 9.17) is 17.0 Å². The summed E-state index contributed by atoms with van der Waals surface area (Å²) in [5.74, 6) is 0.390. The van der Waals surface area contributed by atoms with Crippen LogP contribution >= 0.6 is 12.2 Å². The fraction of sp³-hybridized carbons (Fsp3) is 0.0667. The van der Waals surface area contributed by atoms with Gasteiger partial charge in [0.1, 0.15) is 16.8 Å². The van der Waals surface area contributed by atoms with E-state index in [-0.39, 0.29) is 11.0 Å². The molecule has 1 heterocycles. The van der Waals surface area contributed by atoms with Crippen molar-refractivity contribution in [1.82, 2.24) is 15.6 Å². The van der Waals surface area contributed by atoms with E-state index in [1.54, 1.807) is 49.6 Å². The Hall–Kier alpha value is -3.00. The Morgan fingerprint density at radius 1 is 1.13 bits per heavy atom. The van der Waals surface area contributed by atoms with E-state index in [2.05, 4.69) is 25.6 Å². The second kappa shape index (κ2) is 6.41. The molecule has 23 heavy (non-hydrogen) atoms. The minimum Gasteiger partial charge on any atom is -0.497 e. The zero-order valence-corrected chi connectivity index (χ0v) is 12.9. The standard InChI is InChI=1S/C15H12N4O3S/c1-21-11-5-3-10(4-6-11)16-15(23)17-14(20)9-2-7-12-13(8-9)19-22-18-12/h2-8H,1H3,(H2,16,17,20,23). The van der Waals surface area contributed by atoms with Gasteiger partial charge < -0.3 is 10.1 Å². The van der Waals surface area contributed by atoms with Crippen LogP contribution in [0.25, 0.3) is 11.0 Å². The van der Waals surface area contributed by atoms with Gasteiger partial charge in [-0.2, -0.15) is 0 Å². The van der Waals surface area contributed by atoms with Crippen molar-refractivity contribution in [3.63, 3.8) is 0 Å². The average molecular weight is 328 g/mol. The Morgan fingerprint density at radius 3 is 2.61 bits per heavy atom. The maximum atomic E-state index is 12.2. The number of thiocarbonyl (C=S) groups is 1. The maximum Gasteiger partial charge on any atom is 0.257 e. The third-order valence-corrected chi connectivity index (χ3v) is 3.30. The third kappa shape index (κ3) is 3.43. The first-order valence-corrected chi connectivity index (χ1v) is 7.05. The molecule has 116 valence electrons. The molecule has 2 N–H and O–H groups in total. The van der Waals surface area contributed by atoms with Gasteiger partial charge in [-0.05, 0) is 65.0 Å². The molecule has 2 aromatic carbocycles. The number of aromatic nitrogens is 2. The van der Waals surface area contributed by atoms with Crippen LogP contribution < -0.4 is 15.4 Å². The largest absolute Gasteiger partial charge is 0.497 e. The summed E-state index contributed by atoms with van der Waals surface area (Å²) in [7, 11) is 1.59. The lowest BCUT2D eigenvalue weighted by molar-refractivity contribution is 0.0978. The number of nitrogens with one attached hydrogen (secondary N) is 2. The predicted molar refractivity (Wildman–Crippen MR) is 88.5 cm³/mol. The highest BCUT2D eigenvalue weighted by molar-refractivity contribution is 7.80. The smallest absolute Gasteiger partial charge is 0.257 e. The summed E-state index contributed by atoms with van der Waals surface area (Å²) in [5.41, 5.74) is 2.24. The van der Waals surface area contributed by atoms with E-state index < -0.39 is 0 Å². The third-order valence-electron chi connectivity index (χ3n) is 3.09. The topological polar surface area (TPSA) is 89.3 Å². The van der Waals surface area contributed by atoms with Crippen molar-refractivity contribution in [3.05, 3.63) is 48.0 Å². The van der Waals surface area contributed by atoms with E-state index in [0.717, 1.165) is 11.4 Å². The number of rotatable bonds is 3. The lowest BCUT2D eigenvalue weighted by Crippen LogP contribution is -2.34. The van der Waals surface area contributed by atoms with Crippen molar-refractivity contribution in [2.75, 3.05) is 12.4 Å². The van der Waals surface area contributed by atoms with Gasteiger partial charge in [0.15, 0.2) is 5.11 Å². The summed E-state index contributed by atoms with van der Waals surface area (Å²) in [4.78, 5) is 12.2. The molecule has 0 radical (unpaired) electrons. The minimum absolute atomic E-state index is 0.193. The van der Waals surface area contributed by atoms with Gasteiger partial charge in [-0.1, -0.05) is 0 Å². The van der Waals surface area contributed by atoms with Gasteiger partial charge in [0.05, 0.1) is 7.11 Å². The number of hydrogen-bond donors (Lipinski definition) is 2. The first-order chi connectivity index (χ1) is 11.2. The number of ether oxygens (including phenoxy) is 1. The summed E-state index contributed by atoms with van der Waals surface area (Å²) in [6.45, 7) is 0. The van der Waals surface area contributed by atoms with Gasteiger partial charge in [0.25, 0.3) is 5.91 Å². The number of benzene rings is 2. The monoisotopic (exact) mass is 328 g/mol. The van der Waals surface area contributed by atoms with Crippen molar-refractivity contribution < 1.29 is 14.2 Å². The van der Waals surface area contributed by atoms with Gasteiger partial charge in [-0.15, -0.1) is 0 Å². The highest BCUT2D eigenvalue weighted by Crippen LogP contribution is 2.15. The summed E-state index contributed by atoms with van der Waals surface area (Å²) < 4.78 is 9.67. The molecule has 3 aromatic rings. The Kier molecular flexibility index (Phi) is 4.15. The van der Waals surface area contributed by atoms with Crippen molar-refractivity contribution in [2.45, 2.75) is 0 Å². The Morgan fingerprint density at radius 2 is 1.87 bits per heavy atom. The van der Waals surface area contributed by atoms with Crippen molar-refractivity contribution in [3.8, 4) is 5.75 Å². The molecular formula is C15H12N4O3S. The van der Waals surface area contributed by atoms with Gasteiger partial charge >= 0.3 is 0 Å². The van der Waals surface area contributed by atoms with Crippen molar-refractivity contribution in [1.29, 1.82) is 0 Å². The SMILES string of the molecule is COc1ccc(NC(=S)NC(=O)c2ccc3nonc3c2)cc1. The van der Waals surface area contributed by atoms with E-state index >= 15 is 0 Å². The quantitative estimate of drug-likeness (QED) is 0.713. The number of fused-ring (bicyclic) bond motifs is 1. The maximum absolute atomic E-state index is 12.2. The lowest BCUT2D eigenvalue weighted by Gasteiger charge is -2.10. The van der Waals surface area contributed by atoms with Crippen LogP contribution in [0.1, 0.15) is 10.4 Å². The highest BCUT2D eigenvalue weighted by Gasteiger charge is 2.10. The van der Waals surface area contributed by atoms with E-state index in [1.807, 2.05) is 0 Å². The zero-order valence-electron chi connectivity index (χ0n) is 12.1. The van der Waals surface area contributed by atoms with Crippen LogP contribution in [0.15, 0.2) is 47.1 Å². The molecule has 0 saturated heterocycles. The fourth-order valence-electron chi connectivity index (χ4n) is 1.94. The predicted octanol–water partition coefficient (Wildman–Crippen LogP) is 2.36. The highest BCUT2D eigenvalue weighted by atomic mass is 32.1. The van der Waals surface area contributed by atoms with Crippen LogP contribution in [0.2, 0.25) is 0 Å². The Labute approximate surface area is 136 Å². The van der Waals surface area contributed by atoms with Crippen molar-refractivity contribution >= 4 is 40.0 Å². The number of anilines is 1. The van der Waals surface area contributed by atoms with Crippen molar-refractivity contribution in [2.24, 2.45) is 0 Å². The molecule has 0 aliphatic rings. The second-order valence-corrected chi connectivity index (χ2v) is 5.01. The summed E-state index contributed by atoms with van der Waals surface area (Å²) in [5, 5.41) is 13.1. The number of amides is 1. The molecule has 0 aliphatic heterocycles. The molecule has 0 bridgehead atoms. The van der Waals surface area contributed by atoms with Crippen LogP contribution in [-0.2, 0) is 0 Å². The molecule has 0 fully saturated rings. The summed E-state index contributed by atoms with van der Waals surface area (Å²) >= 11 is 5.13. The molecule has 0 atom stereocenters. The summed E-state index contributed by atoms with van der Waals surface area (Å²) in [6.07, 6.45) is 0. The lowest BCUT2D eigenvalue weighted by atomic mass is 10.2. The molecule has 1 amide bonds. The molecular weight excluding hydrogens is 316 g/mol. The average Bonchev–Trinajstić information content (AvgIpc) is 3.03. The first kappa shape index (κ1) is 14.9. The normalized spacial score (nSPS) is 10.3. The van der Waals surface area contributed by atoms with E-state index in [9.17, 15) is 4.79 Å². The number of carbonyl (C=O) groups is 1. The molecule has 8 heteroatoms. The van der Waals surface area contributed by atoms with Crippen LogP contribution in [0.4, 0.5) is 5.69 Å². The minimum atomic E-state index is -0.346. The molecule has 0 spiro atoms. The molecule has 0 unspecified atom stereocenters. The van der Waals surface area contributed by atoms with Gasteiger partial charge in [0, 0.05) is 11.3 Å². The Balaban J connectivity index is 1.65. The Bertz CT molecular complexity index is 861. The van der Waals surface area contributed by atoms with Gasteiger partial charge in [-0.25, -0.2) is 4.63 Å². The first-order valence-electron chi connectivity index (χ1n) is 6.64. The number of nitrogens with zero attached hydrogens (tertiary/aromatic N) is 2. The number of carbonyl (C=O) groups excluding carboxylic acids is 1. The second-order valence-electron chi connectivity index (χ2n) is 4.60. The van der Waals surface area contributed by atoms with Gasteiger partial charge in [0.2, 0.25) is 0 Å². The summed E-state index contributed by atoms with van der Waals surface area (Å²) in [6, 6.07) is 12.0. The fourth-order valence-corrected chi connectivity index (χ4v) is 2.15. The molecule has 0 saturated carbocycles. The van der Waals surface area contributed by atoms with Crippen LogP contribution in [0, 0.1) is 0 Å². The number of methoxy groups -OCH3 is 1. The van der Waals surface area contributed by atoms with Crippen LogP contribution in [0.5, 0.6) is 5.75 Å². The molecule has 1 aromatic heterocycles. The molecule has 7 nitrogen and oxygen atoms in total. The van der Waals surface area contributed by atoms with Crippen LogP contribution in [0.3, 0.4) is 0 Å². The zero-order chi connectivity index (χ0) is 16.2. The van der Waals surface area contributed by atoms with Gasteiger partial charge in [-0.3, -0.25) is 10.1 Å². The van der Waals surface area contributed by atoms with E-state index in [1.165, 1.54) is 0 Å². The number of hydrogen-bond acceptors (Lipinski definition) is 6. The van der Waals surface area contributed by atoms with E-state index in [0.29, 0.717) is 16.6 Å². The molecule has 0 aliphatic carbocycles.